The van der Waals surface area contributed by atoms with Crippen LogP contribution in [0.25, 0.3) is 0 Å². The van der Waals surface area contributed by atoms with Gasteiger partial charge >= 0.3 is 6.18 Å². The van der Waals surface area contributed by atoms with Gasteiger partial charge in [0.05, 0.1) is 12.2 Å². The molecule has 4 aromatic carbocycles. The van der Waals surface area contributed by atoms with E-state index in [1.807, 2.05) is 54.6 Å². The van der Waals surface area contributed by atoms with Gasteiger partial charge in [0.1, 0.15) is 5.75 Å². The molecule has 0 spiro atoms. The minimum Gasteiger partial charge on any atom is -0.494 e. The summed E-state index contributed by atoms with van der Waals surface area (Å²) in [4.78, 5) is 19.2. The third kappa shape index (κ3) is 7.73. The third-order valence-electron chi connectivity index (χ3n) is 7.30. The van der Waals surface area contributed by atoms with Gasteiger partial charge in [0.2, 0.25) is 5.90 Å². The van der Waals surface area contributed by atoms with Gasteiger partial charge in [-0.25, -0.2) is 10.4 Å². The first kappa shape index (κ1) is 32.2. The van der Waals surface area contributed by atoms with E-state index in [-0.39, 0.29) is 25.5 Å². The van der Waals surface area contributed by atoms with Crippen LogP contribution in [-0.2, 0) is 28.7 Å². The maximum absolute atomic E-state index is 14.3. The van der Waals surface area contributed by atoms with Crippen molar-refractivity contribution in [2.75, 3.05) is 13.2 Å². The van der Waals surface area contributed by atoms with Crippen molar-refractivity contribution in [1.29, 1.82) is 0 Å². The maximum Gasteiger partial charge on any atom is 0.416 e. The molecule has 0 fully saturated rings. The van der Waals surface area contributed by atoms with Gasteiger partial charge in [-0.15, -0.1) is 0 Å². The van der Waals surface area contributed by atoms with Gasteiger partial charge in [-0.1, -0.05) is 82.7 Å². The lowest BCUT2D eigenvalue weighted by Crippen LogP contribution is -2.53. The average Bonchev–Trinajstić information content (AvgIpc) is 3.43. The zero-order chi connectivity index (χ0) is 31.9. The number of nitrogens with one attached hydrogen (secondary N) is 2. The number of nitrogens with zero attached hydrogens (tertiary/aromatic N) is 1. The van der Waals surface area contributed by atoms with Crippen molar-refractivity contribution in [2.24, 2.45) is 4.99 Å². The summed E-state index contributed by atoms with van der Waals surface area (Å²) in [6.45, 7) is 0.345. The molecule has 11 heteroatoms. The standard InChI is InChI=1S/C34H31BrF3N3O4/c35-29-13-5-4-11-26(29)21-33(32(43)41-39-22-23-8-6-12-27(20-23)34(36,37)38)30(24-9-2-1-3-10-24)45-31(40-33)25-14-16-28(17-15-25)44-19-7-18-42/h1-6,8-17,20,30,39,42H,7,18-19,21-22H2,(H,41,43)/t30-,33-/m0/s1. The summed E-state index contributed by atoms with van der Waals surface area (Å²) in [5.41, 5.74) is 5.75. The van der Waals surface area contributed by atoms with Crippen molar-refractivity contribution < 1.29 is 32.5 Å². The van der Waals surface area contributed by atoms with Gasteiger partial charge in [-0.05, 0) is 53.1 Å². The number of amides is 1. The number of hydrogen-bond acceptors (Lipinski definition) is 6. The number of aliphatic hydroxyl groups is 1. The minimum atomic E-state index is -4.48. The average molecular weight is 683 g/mol. The van der Waals surface area contributed by atoms with Gasteiger partial charge in [0.25, 0.3) is 5.91 Å². The fourth-order valence-electron chi connectivity index (χ4n) is 5.03. The van der Waals surface area contributed by atoms with Crippen LogP contribution in [0, 0.1) is 0 Å². The molecule has 3 N–H and O–H groups in total. The van der Waals surface area contributed by atoms with Crippen LogP contribution in [0.2, 0.25) is 0 Å². The number of rotatable bonds is 12. The zero-order valence-electron chi connectivity index (χ0n) is 24.1. The molecule has 0 saturated carbocycles. The van der Waals surface area contributed by atoms with E-state index in [1.165, 1.54) is 6.07 Å². The Balaban J connectivity index is 1.49. The number of hydrogen-bond donors (Lipinski definition) is 3. The van der Waals surface area contributed by atoms with Crippen LogP contribution < -0.4 is 15.6 Å². The van der Waals surface area contributed by atoms with Crippen molar-refractivity contribution in [3.05, 3.63) is 135 Å². The lowest BCUT2D eigenvalue weighted by Gasteiger charge is -2.31. The summed E-state index contributed by atoms with van der Waals surface area (Å²) in [5, 5.41) is 9.03. The second-order valence-corrected chi connectivity index (χ2v) is 11.3. The van der Waals surface area contributed by atoms with Crippen molar-refractivity contribution in [3.63, 3.8) is 0 Å². The predicted octanol–water partition coefficient (Wildman–Crippen LogP) is 6.55. The molecule has 2 atom stereocenters. The number of ether oxygens (including phenoxy) is 2. The number of alkyl halides is 3. The Morgan fingerprint density at radius 3 is 2.42 bits per heavy atom. The molecule has 0 aliphatic carbocycles. The number of halogens is 4. The highest BCUT2D eigenvalue weighted by atomic mass is 79.9. The Kier molecular flexibility index (Phi) is 10.2. The van der Waals surface area contributed by atoms with E-state index in [9.17, 15) is 18.0 Å². The molecule has 1 aliphatic heterocycles. The van der Waals surface area contributed by atoms with Gasteiger partial charge in [-0.2, -0.15) is 13.2 Å². The Morgan fingerprint density at radius 1 is 0.978 bits per heavy atom. The van der Waals surface area contributed by atoms with Gasteiger partial charge in [0.15, 0.2) is 11.6 Å². The van der Waals surface area contributed by atoms with Crippen molar-refractivity contribution in [3.8, 4) is 5.75 Å². The van der Waals surface area contributed by atoms with E-state index in [0.717, 1.165) is 27.7 Å². The highest BCUT2D eigenvalue weighted by molar-refractivity contribution is 9.10. The SMILES string of the molecule is O=C(NNCc1cccc(C(F)(F)F)c1)[C@@]1(Cc2ccccc2Br)N=C(c2ccc(OCCCO)cc2)O[C@H]1c1ccccc1. The summed E-state index contributed by atoms with van der Waals surface area (Å²) < 4.78 is 52.7. The lowest BCUT2D eigenvalue weighted by molar-refractivity contribution is -0.137. The number of aliphatic hydroxyl groups excluding tert-OH is 1. The van der Waals surface area contributed by atoms with E-state index in [0.29, 0.717) is 29.9 Å². The van der Waals surface area contributed by atoms with Crippen LogP contribution in [0.5, 0.6) is 5.75 Å². The molecule has 5 rings (SSSR count). The smallest absolute Gasteiger partial charge is 0.416 e. The molecule has 0 aromatic heterocycles. The van der Waals surface area contributed by atoms with Crippen LogP contribution in [0.4, 0.5) is 13.2 Å². The largest absolute Gasteiger partial charge is 0.494 e. The van der Waals surface area contributed by atoms with Crippen LogP contribution in [0.3, 0.4) is 0 Å². The molecule has 0 radical (unpaired) electrons. The van der Waals surface area contributed by atoms with Crippen LogP contribution >= 0.6 is 15.9 Å². The van der Waals surface area contributed by atoms with Crippen molar-refractivity contribution >= 4 is 27.7 Å². The zero-order valence-corrected chi connectivity index (χ0v) is 25.6. The fraction of sp³-hybridized carbons (Fsp3) is 0.235. The number of carbonyl (C=O) groups is 1. The maximum atomic E-state index is 14.3. The molecule has 0 saturated heterocycles. The first-order chi connectivity index (χ1) is 21.7. The lowest BCUT2D eigenvalue weighted by atomic mass is 9.82. The summed E-state index contributed by atoms with van der Waals surface area (Å²) in [6, 6.07) is 28.8. The molecule has 234 valence electrons. The molecule has 1 aliphatic rings. The number of carbonyl (C=O) groups excluding carboxylic acids is 1. The van der Waals surface area contributed by atoms with E-state index in [4.69, 9.17) is 19.6 Å². The normalized spacial score (nSPS) is 17.8. The predicted molar refractivity (Wildman–Crippen MR) is 167 cm³/mol. The molecule has 7 nitrogen and oxygen atoms in total. The van der Waals surface area contributed by atoms with E-state index >= 15 is 0 Å². The highest BCUT2D eigenvalue weighted by Gasteiger charge is 2.53. The van der Waals surface area contributed by atoms with Gasteiger partial charge in [0, 0.05) is 36.0 Å². The summed E-state index contributed by atoms with van der Waals surface area (Å²) in [7, 11) is 0. The van der Waals surface area contributed by atoms with Gasteiger partial charge < -0.3 is 14.6 Å². The Hall–Kier alpha value is -4.19. The molecule has 0 unspecified atom stereocenters. The summed E-state index contributed by atoms with van der Waals surface area (Å²) >= 11 is 3.59. The Morgan fingerprint density at radius 2 is 1.71 bits per heavy atom. The van der Waals surface area contributed by atoms with Gasteiger partial charge in [-0.3, -0.25) is 10.2 Å². The second-order valence-electron chi connectivity index (χ2n) is 10.5. The van der Waals surface area contributed by atoms with Crippen LogP contribution in [-0.4, -0.2) is 35.7 Å². The quantitative estimate of drug-likeness (QED) is 0.117. The molecule has 1 amide bonds. The minimum absolute atomic E-state index is 0.0279. The first-order valence-corrected chi connectivity index (χ1v) is 15.1. The van der Waals surface area contributed by atoms with E-state index in [2.05, 4.69) is 26.8 Å². The highest BCUT2D eigenvalue weighted by Crippen LogP contribution is 2.43. The number of benzene rings is 4. The Bertz CT molecular complexity index is 1630. The van der Waals surface area contributed by atoms with Crippen molar-refractivity contribution in [2.45, 2.75) is 37.2 Å². The third-order valence-corrected chi connectivity index (χ3v) is 8.07. The topological polar surface area (TPSA) is 92.2 Å². The van der Waals surface area contributed by atoms with Crippen molar-refractivity contribution in [1.82, 2.24) is 10.9 Å². The van der Waals surface area contributed by atoms with E-state index in [1.54, 1.807) is 30.3 Å². The second kappa shape index (κ2) is 14.3. The number of hydrazine groups is 1. The van der Waals surface area contributed by atoms with Crippen LogP contribution in [0.15, 0.2) is 113 Å². The van der Waals surface area contributed by atoms with E-state index < -0.39 is 29.3 Å². The molecular formula is C34H31BrF3N3O4. The first-order valence-electron chi connectivity index (χ1n) is 14.3. The fourth-order valence-corrected chi connectivity index (χ4v) is 5.46. The van der Waals surface area contributed by atoms with Crippen LogP contribution in [0.1, 0.15) is 40.3 Å². The molecule has 0 bridgehead atoms. The number of aliphatic imine (C=N–C) groups is 1. The Labute approximate surface area is 267 Å². The monoisotopic (exact) mass is 681 g/mol. The molecule has 1 heterocycles. The summed E-state index contributed by atoms with van der Waals surface area (Å²) in [6.07, 6.45) is -4.66. The molecule has 4 aromatic rings. The summed E-state index contributed by atoms with van der Waals surface area (Å²) in [5.74, 6) is 0.352. The molecule has 45 heavy (non-hydrogen) atoms. The molecular weight excluding hydrogens is 651 g/mol.